The molecule has 1 amide bonds. The van der Waals surface area contributed by atoms with E-state index in [1.807, 2.05) is 24.3 Å². The first-order valence-electron chi connectivity index (χ1n) is 9.17. The topological polar surface area (TPSA) is 46.6 Å². The molecule has 144 valence electrons. The average Bonchev–Trinajstić information content (AvgIpc) is 2.66. The van der Waals surface area contributed by atoms with Crippen molar-refractivity contribution in [1.29, 1.82) is 0 Å². The Morgan fingerprint density at radius 3 is 2.32 bits per heavy atom. The van der Waals surface area contributed by atoms with Crippen molar-refractivity contribution in [2.45, 2.75) is 31.6 Å². The molecule has 1 aliphatic carbocycles. The van der Waals surface area contributed by atoms with Crippen LogP contribution in [0.2, 0.25) is 10.0 Å². The van der Waals surface area contributed by atoms with Crippen molar-refractivity contribution in [3.63, 3.8) is 0 Å². The lowest BCUT2D eigenvalue weighted by Crippen LogP contribution is -2.40. The van der Waals surface area contributed by atoms with Gasteiger partial charge >= 0.3 is 0 Å². The zero-order valence-electron chi connectivity index (χ0n) is 15.4. The SMILES string of the molecule is COc1ccc(C2CC(=O)N(c3cc(Cl)cc(Cl)c3)C3=C2C(=O)CCC3)cc1. The summed E-state index contributed by atoms with van der Waals surface area (Å²) in [6.45, 7) is 0. The Morgan fingerprint density at radius 1 is 1.00 bits per heavy atom. The summed E-state index contributed by atoms with van der Waals surface area (Å²) in [4.78, 5) is 27.7. The summed E-state index contributed by atoms with van der Waals surface area (Å²) in [5, 5.41) is 0.911. The third-order valence-corrected chi connectivity index (χ3v) is 5.74. The highest BCUT2D eigenvalue weighted by Crippen LogP contribution is 2.44. The summed E-state index contributed by atoms with van der Waals surface area (Å²) in [5.74, 6) is 0.540. The minimum atomic E-state index is -0.243. The predicted molar refractivity (Wildman–Crippen MR) is 110 cm³/mol. The van der Waals surface area contributed by atoms with Crippen LogP contribution in [0, 0.1) is 0 Å². The number of allylic oxidation sites excluding steroid dienone is 2. The fourth-order valence-electron chi connectivity index (χ4n) is 4.08. The zero-order chi connectivity index (χ0) is 19.8. The summed E-state index contributed by atoms with van der Waals surface area (Å²) in [6, 6.07) is 12.6. The van der Waals surface area contributed by atoms with Gasteiger partial charge in [0.25, 0.3) is 0 Å². The molecule has 0 bridgehead atoms. The lowest BCUT2D eigenvalue weighted by atomic mass is 9.77. The summed E-state index contributed by atoms with van der Waals surface area (Å²) in [7, 11) is 1.61. The first-order chi connectivity index (χ1) is 13.5. The van der Waals surface area contributed by atoms with Crippen LogP contribution in [0.15, 0.2) is 53.7 Å². The van der Waals surface area contributed by atoms with Crippen LogP contribution >= 0.6 is 23.2 Å². The van der Waals surface area contributed by atoms with Crippen molar-refractivity contribution < 1.29 is 14.3 Å². The van der Waals surface area contributed by atoms with Gasteiger partial charge in [0.05, 0.1) is 12.8 Å². The number of rotatable bonds is 3. The van der Waals surface area contributed by atoms with Crippen molar-refractivity contribution in [3.05, 3.63) is 69.3 Å². The molecule has 1 heterocycles. The fraction of sp³-hybridized carbons (Fsp3) is 0.273. The molecule has 28 heavy (non-hydrogen) atoms. The Labute approximate surface area is 173 Å². The van der Waals surface area contributed by atoms with E-state index in [-0.39, 0.29) is 24.0 Å². The van der Waals surface area contributed by atoms with Gasteiger partial charge in [-0.15, -0.1) is 0 Å². The Morgan fingerprint density at radius 2 is 1.68 bits per heavy atom. The normalized spacial score (nSPS) is 19.7. The first-order valence-corrected chi connectivity index (χ1v) is 9.93. The number of carbonyl (C=O) groups is 2. The number of Topliss-reactive ketones (excluding diaryl/α,β-unsaturated/α-hetero) is 1. The lowest BCUT2D eigenvalue weighted by molar-refractivity contribution is -0.119. The molecular weight excluding hydrogens is 397 g/mol. The Bertz CT molecular complexity index is 962. The number of ether oxygens (including phenoxy) is 1. The van der Waals surface area contributed by atoms with E-state index in [4.69, 9.17) is 27.9 Å². The van der Waals surface area contributed by atoms with E-state index >= 15 is 0 Å². The molecular formula is C22H19Cl2NO3. The van der Waals surface area contributed by atoms with Crippen LogP contribution in [0.4, 0.5) is 5.69 Å². The van der Waals surface area contributed by atoms with Gasteiger partial charge in [0.15, 0.2) is 5.78 Å². The van der Waals surface area contributed by atoms with E-state index in [1.165, 1.54) is 0 Å². The number of carbonyl (C=O) groups excluding carboxylic acids is 2. The number of amides is 1. The Kier molecular flexibility index (Phi) is 5.17. The predicted octanol–water partition coefficient (Wildman–Crippen LogP) is 5.53. The zero-order valence-corrected chi connectivity index (χ0v) is 16.9. The molecule has 4 rings (SSSR count). The smallest absolute Gasteiger partial charge is 0.232 e. The van der Waals surface area contributed by atoms with Crippen LogP contribution in [0.1, 0.15) is 37.2 Å². The van der Waals surface area contributed by atoms with E-state index in [0.29, 0.717) is 28.6 Å². The molecule has 6 heteroatoms. The summed E-state index contributed by atoms with van der Waals surface area (Å²) in [5.41, 5.74) is 3.05. The van der Waals surface area contributed by atoms with Crippen molar-refractivity contribution in [2.75, 3.05) is 12.0 Å². The van der Waals surface area contributed by atoms with Gasteiger partial charge in [-0.2, -0.15) is 0 Å². The van der Waals surface area contributed by atoms with E-state index in [2.05, 4.69) is 0 Å². The third-order valence-electron chi connectivity index (χ3n) is 5.30. The second kappa shape index (κ2) is 7.61. The van der Waals surface area contributed by atoms with E-state index in [0.717, 1.165) is 29.0 Å². The van der Waals surface area contributed by atoms with Crippen molar-refractivity contribution in [3.8, 4) is 5.75 Å². The molecule has 2 aromatic rings. The van der Waals surface area contributed by atoms with Crippen molar-refractivity contribution in [2.24, 2.45) is 0 Å². The minimum absolute atomic E-state index is 0.0624. The van der Waals surface area contributed by atoms with Gasteiger partial charge in [-0.25, -0.2) is 0 Å². The number of hydrogen-bond acceptors (Lipinski definition) is 3. The molecule has 0 N–H and O–H groups in total. The van der Waals surface area contributed by atoms with Crippen LogP contribution < -0.4 is 9.64 Å². The Balaban J connectivity index is 1.84. The summed E-state index contributed by atoms with van der Waals surface area (Å²) >= 11 is 12.3. The standard InChI is InChI=1S/C22H19Cl2NO3/c1-28-17-7-5-13(6-8-17)18-12-21(27)25(16-10-14(23)9-15(24)11-16)19-3-2-4-20(26)22(18)19/h5-11,18H,2-4,12H2,1H3. The highest BCUT2D eigenvalue weighted by molar-refractivity contribution is 6.35. The molecule has 0 aromatic heterocycles. The number of ketones is 1. The maximum Gasteiger partial charge on any atom is 0.232 e. The molecule has 1 aliphatic heterocycles. The number of halogens is 2. The molecule has 0 spiro atoms. The molecule has 1 unspecified atom stereocenters. The number of benzene rings is 2. The van der Waals surface area contributed by atoms with E-state index in [1.54, 1.807) is 30.2 Å². The quantitative estimate of drug-likeness (QED) is 0.661. The van der Waals surface area contributed by atoms with Gasteiger partial charge in [0, 0.05) is 40.1 Å². The first kappa shape index (κ1) is 19.0. The van der Waals surface area contributed by atoms with Gasteiger partial charge in [-0.05, 0) is 48.7 Å². The van der Waals surface area contributed by atoms with Crippen LogP contribution in [-0.4, -0.2) is 18.8 Å². The van der Waals surface area contributed by atoms with Crippen molar-refractivity contribution in [1.82, 2.24) is 0 Å². The fourth-order valence-corrected chi connectivity index (χ4v) is 4.60. The molecule has 2 aliphatic rings. The highest BCUT2D eigenvalue weighted by Gasteiger charge is 2.39. The van der Waals surface area contributed by atoms with Crippen LogP contribution in [0.5, 0.6) is 5.75 Å². The maximum absolute atomic E-state index is 13.2. The largest absolute Gasteiger partial charge is 0.497 e. The number of nitrogens with zero attached hydrogens (tertiary/aromatic N) is 1. The van der Waals surface area contributed by atoms with E-state index < -0.39 is 0 Å². The van der Waals surface area contributed by atoms with Gasteiger partial charge in [-0.3, -0.25) is 14.5 Å². The van der Waals surface area contributed by atoms with E-state index in [9.17, 15) is 9.59 Å². The van der Waals surface area contributed by atoms with Gasteiger partial charge in [0.1, 0.15) is 5.75 Å². The van der Waals surface area contributed by atoms with Crippen LogP contribution in [-0.2, 0) is 9.59 Å². The van der Waals surface area contributed by atoms with Crippen LogP contribution in [0.3, 0.4) is 0 Å². The lowest BCUT2D eigenvalue weighted by Gasteiger charge is -2.38. The highest BCUT2D eigenvalue weighted by atomic mass is 35.5. The molecule has 4 nitrogen and oxygen atoms in total. The van der Waals surface area contributed by atoms with Crippen molar-refractivity contribution >= 4 is 40.6 Å². The molecule has 0 saturated carbocycles. The number of hydrogen-bond donors (Lipinski definition) is 0. The van der Waals surface area contributed by atoms with Gasteiger partial charge in [0.2, 0.25) is 5.91 Å². The second-order valence-electron chi connectivity index (χ2n) is 7.02. The molecule has 0 fully saturated rings. The minimum Gasteiger partial charge on any atom is -0.497 e. The number of anilines is 1. The van der Waals surface area contributed by atoms with Gasteiger partial charge in [-0.1, -0.05) is 35.3 Å². The molecule has 1 atom stereocenters. The van der Waals surface area contributed by atoms with Gasteiger partial charge < -0.3 is 4.74 Å². The second-order valence-corrected chi connectivity index (χ2v) is 7.90. The number of methoxy groups -OCH3 is 1. The molecule has 2 aromatic carbocycles. The Hall–Kier alpha value is -2.30. The summed E-state index contributed by atoms with van der Waals surface area (Å²) < 4.78 is 5.22. The average molecular weight is 416 g/mol. The third kappa shape index (κ3) is 3.43. The monoisotopic (exact) mass is 415 g/mol. The molecule has 0 saturated heterocycles. The van der Waals surface area contributed by atoms with Crippen LogP contribution in [0.25, 0.3) is 0 Å². The maximum atomic E-state index is 13.2. The summed E-state index contributed by atoms with van der Waals surface area (Å²) in [6.07, 6.45) is 2.12. The molecule has 0 radical (unpaired) electrons.